The molecule has 0 aliphatic rings. The van der Waals surface area contributed by atoms with Crippen molar-refractivity contribution in [2.24, 2.45) is 0 Å². The number of hydrogen-bond donors (Lipinski definition) is 2. The van der Waals surface area contributed by atoms with E-state index in [-0.39, 0.29) is 23.8 Å². The van der Waals surface area contributed by atoms with Crippen LogP contribution in [0.4, 0.5) is 4.39 Å². The van der Waals surface area contributed by atoms with Gasteiger partial charge in [-0.15, -0.1) is 0 Å². The Morgan fingerprint density at radius 2 is 1.89 bits per heavy atom. The first-order chi connectivity index (χ1) is 9.08. The summed E-state index contributed by atoms with van der Waals surface area (Å²) in [5.41, 5.74) is 0.574. The van der Waals surface area contributed by atoms with Crippen LogP contribution in [0.5, 0.6) is 0 Å². The van der Waals surface area contributed by atoms with Gasteiger partial charge in [0, 0.05) is 18.2 Å². The Kier molecular flexibility index (Phi) is 6.50. The molecule has 1 atom stereocenters. The van der Waals surface area contributed by atoms with Crippen molar-refractivity contribution in [1.29, 1.82) is 0 Å². The third-order valence-corrected chi connectivity index (χ3v) is 3.28. The minimum Gasteiger partial charge on any atom is -0.352 e. The third-order valence-electron chi connectivity index (χ3n) is 3.28. The highest BCUT2D eigenvalue weighted by Crippen LogP contribution is 2.06. The molecule has 2 N–H and O–H groups in total. The average molecular weight is 266 g/mol. The van der Waals surface area contributed by atoms with E-state index in [1.54, 1.807) is 25.1 Å². The standard InChI is InChI=1S/C15H23FN2O/c1-4-13(5-2)18-15(19)11(3)17-10-12-8-6-7-9-14(12)16/h6-9,11,13,17H,4-5,10H2,1-3H3,(H,18,19). The van der Waals surface area contributed by atoms with Crippen LogP contribution in [0.1, 0.15) is 39.2 Å². The first-order valence-electron chi connectivity index (χ1n) is 6.85. The molecule has 0 spiro atoms. The summed E-state index contributed by atoms with van der Waals surface area (Å²) in [5.74, 6) is -0.285. The second kappa shape index (κ2) is 7.89. The van der Waals surface area contributed by atoms with Crippen LogP contribution in [0, 0.1) is 5.82 Å². The minimum absolute atomic E-state index is 0.0370. The number of carbonyl (C=O) groups is 1. The van der Waals surface area contributed by atoms with E-state index in [9.17, 15) is 9.18 Å². The van der Waals surface area contributed by atoms with Crippen LogP contribution < -0.4 is 10.6 Å². The number of amides is 1. The molecule has 0 bridgehead atoms. The summed E-state index contributed by atoms with van der Waals surface area (Å²) >= 11 is 0. The smallest absolute Gasteiger partial charge is 0.237 e. The number of halogens is 1. The van der Waals surface area contributed by atoms with Crippen molar-refractivity contribution in [1.82, 2.24) is 10.6 Å². The van der Waals surface area contributed by atoms with Crippen LogP contribution in [0.25, 0.3) is 0 Å². The second-order valence-electron chi connectivity index (χ2n) is 4.72. The number of nitrogens with one attached hydrogen (secondary N) is 2. The van der Waals surface area contributed by atoms with Crippen molar-refractivity contribution in [2.45, 2.75) is 52.2 Å². The van der Waals surface area contributed by atoms with E-state index in [1.807, 2.05) is 13.8 Å². The maximum absolute atomic E-state index is 13.4. The van der Waals surface area contributed by atoms with Gasteiger partial charge >= 0.3 is 0 Å². The number of benzene rings is 1. The molecule has 1 aromatic rings. The van der Waals surface area contributed by atoms with Gasteiger partial charge in [-0.3, -0.25) is 4.79 Å². The minimum atomic E-state index is -0.333. The highest BCUT2D eigenvalue weighted by Gasteiger charge is 2.15. The lowest BCUT2D eigenvalue weighted by Gasteiger charge is -2.19. The molecule has 0 saturated carbocycles. The lowest BCUT2D eigenvalue weighted by molar-refractivity contribution is -0.123. The van der Waals surface area contributed by atoms with Crippen LogP contribution in [0.15, 0.2) is 24.3 Å². The van der Waals surface area contributed by atoms with E-state index < -0.39 is 0 Å². The normalized spacial score (nSPS) is 12.5. The molecular formula is C15H23FN2O. The Balaban J connectivity index is 2.45. The number of hydrogen-bond acceptors (Lipinski definition) is 2. The van der Waals surface area contributed by atoms with Crippen LogP contribution in [-0.4, -0.2) is 18.0 Å². The average Bonchev–Trinajstić information content (AvgIpc) is 2.43. The van der Waals surface area contributed by atoms with Gasteiger partial charge in [0.2, 0.25) is 5.91 Å². The molecule has 0 saturated heterocycles. The Morgan fingerprint density at radius 1 is 1.26 bits per heavy atom. The fourth-order valence-corrected chi connectivity index (χ4v) is 1.82. The fourth-order valence-electron chi connectivity index (χ4n) is 1.82. The molecule has 1 amide bonds. The molecule has 0 aromatic heterocycles. The van der Waals surface area contributed by atoms with Crippen molar-refractivity contribution in [3.8, 4) is 0 Å². The van der Waals surface area contributed by atoms with Crippen molar-refractivity contribution in [3.63, 3.8) is 0 Å². The van der Waals surface area contributed by atoms with E-state index in [0.29, 0.717) is 12.1 Å². The fraction of sp³-hybridized carbons (Fsp3) is 0.533. The molecular weight excluding hydrogens is 243 g/mol. The summed E-state index contributed by atoms with van der Waals surface area (Å²) in [5, 5.41) is 6.01. The zero-order valence-electron chi connectivity index (χ0n) is 11.9. The van der Waals surface area contributed by atoms with Gasteiger partial charge in [0.15, 0.2) is 0 Å². The molecule has 19 heavy (non-hydrogen) atoms. The Labute approximate surface area is 114 Å². The summed E-state index contributed by atoms with van der Waals surface area (Å²) in [6.45, 7) is 6.24. The predicted molar refractivity (Wildman–Crippen MR) is 75.2 cm³/mol. The Morgan fingerprint density at radius 3 is 2.47 bits per heavy atom. The van der Waals surface area contributed by atoms with Gasteiger partial charge in [-0.05, 0) is 25.8 Å². The van der Waals surface area contributed by atoms with Crippen molar-refractivity contribution >= 4 is 5.91 Å². The summed E-state index contributed by atoms with van der Waals surface area (Å²) in [6.07, 6.45) is 1.84. The van der Waals surface area contributed by atoms with Crippen LogP contribution in [-0.2, 0) is 11.3 Å². The number of rotatable bonds is 7. The second-order valence-corrected chi connectivity index (χ2v) is 4.72. The zero-order valence-corrected chi connectivity index (χ0v) is 11.9. The Hall–Kier alpha value is -1.42. The first-order valence-corrected chi connectivity index (χ1v) is 6.85. The van der Waals surface area contributed by atoms with E-state index in [4.69, 9.17) is 0 Å². The van der Waals surface area contributed by atoms with Crippen LogP contribution >= 0.6 is 0 Å². The van der Waals surface area contributed by atoms with Crippen LogP contribution in [0.3, 0.4) is 0 Å². The molecule has 0 fully saturated rings. The summed E-state index contributed by atoms with van der Waals surface area (Å²) in [4.78, 5) is 11.9. The van der Waals surface area contributed by atoms with E-state index in [1.165, 1.54) is 6.07 Å². The molecule has 1 rings (SSSR count). The lowest BCUT2D eigenvalue weighted by Crippen LogP contribution is -2.45. The van der Waals surface area contributed by atoms with Crippen molar-refractivity contribution in [2.75, 3.05) is 0 Å². The van der Waals surface area contributed by atoms with E-state index in [0.717, 1.165) is 12.8 Å². The summed E-state index contributed by atoms with van der Waals surface area (Å²) < 4.78 is 13.4. The molecule has 0 aliphatic heterocycles. The summed E-state index contributed by atoms with van der Waals surface area (Å²) in [7, 11) is 0. The van der Waals surface area contributed by atoms with Gasteiger partial charge in [-0.1, -0.05) is 32.0 Å². The molecule has 1 unspecified atom stereocenters. The van der Waals surface area contributed by atoms with E-state index in [2.05, 4.69) is 10.6 Å². The highest BCUT2D eigenvalue weighted by molar-refractivity contribution is 5.81. The quantitative estimate of drug-likeness (QED) is 0.796. The summed E-state index contributed by atoms with van der Waals surface area (Å²) in [6, 6.07) is 6.46. The molecule has 0 heterocycles. The molecule has 1 aromatic carbocycles. The number of carbonyl (C=O) groups excluding carboxylic acids is 1. The predicted octanol–water partition coefficient (Wildman–Crippen LogP) is 2.61. The molecule has 0 radical (unpaired) electrons. The highest BCUT2D eigenvalue weighted by atomic mass is 19.1. The third kappa shape index (κ3) is 4.99. The van der Waals surface area contributed by atoms with Gasteiger partial charge in [0.05, 0.1) is 6.04 Å². The van der Waals surface area contributed by atoms with Crippen LogP contribution in [0.2, 0.25) is 0 Å². The molecule has 0 aliphatic carbocycles. The molecule has 3 nitrogen and oxygen atoms in total. The monoisotopic (exact) mass is 266 g/mol. The lowest BCUT2D eigenvalue weighted by atomic mass is 10.1. The molecule has 106 valence electrons. The largest absolute Gasteiger partial charge is 0.352 e. The van der Waals surface area contributed by atoms with Gasteiger partial charge in [0.25, 0.3) is 0 Å². The van der Waals surface area contributed by atoms with Crippen molar-refractivity contribution in [3.05, 3.63) is 35.6 Å². The SMILES string of the molecule is CCC(CC)NC(=O)C(C)NCc1ccccc1F. The first kappa shape index (κ1) is 15.6. The van der Waals surface area contributed by atoms with Gasteiger partial charge in [-0.25, -0.2) is 4.39 Å². The van der Waals surface area contributed by atoms with Gasteiger partial charge in [-0.2, -0.15) is 0 Å². The van der Waals surface area contributed by atoms with E-state index >= 15 is 0 Å². The van der Waals surface area contributed by atoms with Gasteiger partial charge < -0.3 is 10.6 Å². The topological polar surface area (TPSA) is 41.1 Å². The maximum atomic E-state index is 13.4. The van der Waals surface area contributed by atoms with Crippen molar-refractivity contribution < 1.29 is 9.18 Å². The Bertz CT molecular complexity index is 405. The maximum Gasteiger partial charge on any atom is 0.237 e. The zero-order chi connectivity index (χ0) is 14.3. The molecule has 4 heteroatoms. The van der Waals surface area contributed by atoms with Gasteiger partial charge in [0.1, 0.15) is 5.82 Å².